The molecule has 1 aliphatic heterocycles. The third kappa shape index (κ3) is 5.34. The van der Waals surface area contributed by atoms with Gasteiger partial charge in [0.15, 0.2) is 0 Å². The zero-order valence-electron chi connectivity index (χ0n) is 12.3. The number of carbonyl (C=O) groups excluding carboxylic acids is 1. The lowest BCUT2D eigenvalue weighted by atomic mass is 10.2. The molecule has 0 atom stereocenters. The minimum atomic E-state index is -0.162. The Morgan fingerprint density at radius 1 is 1.24 bits per heavy atom. The van der Waals surface area contributed by atoms with Gasteiger partial charge in [-0.3, -0.25) is 4.79 Å². The van der Waals surface area contributed by atoms with Crippen molar-refractivity contribution in [3.63, 3.8) is 0 Å². The van der Waals surface area contributed by atoms with Crippen molar-refractivity contribution in [3.05, 3.63) is 24.3 Å². The number of hydrogen-bond acceptors (Lipinski definition) is 5. The first-order valence-electron chi connectivity index (χ1n) is 7.09. The van der Waals surface area contributed by atoms with Crippen molar-refractivity contribution in [1.82, 2.24) is 0 Å². The second-order valence-electron chi connectivity index (χ2n) is 4.74. The predicted molar refractivity (Wildman–Crippen MR) is 80.8 cm³/mol. The Labute approximate surface area is 125 Å². The Balaban J connectivity index is 1.77. The molecule has 1 N–H and O–H groups in total. The van der Waals surface area contributed by atoms with Crippen LogP contribution in [0.1, 0.15) is 0 Å². The molecule has 2 rings (SSSR count). The molecule has 0 bridgehead atoms. The SMILES string of the molecule is COCCOCC(=O)Nc1ccc(N2CCOCC2)cc1. The van der Waals surface area contributed by atoms with Gasteiger partial charge in [-0.1, -0.05) is 0 Å². The molecule has 6 heteroatoms. The molecule has 21 heavy (non-hydrogen) atoms. The van der Waals surface area contributed by atoms with Crippen molar-refractivity contribution in [1.29, 1.82) is 0 Å². The van der Waals surface area contributed by atoms with Crippen LogP contribution in [-0.2, 0) is 19.0 Å². The second-order valence-corrected chi connectivity index (χ2v) is 4.74. The molecule has 6 nitrogen and oxygen atoms in total. The fraction of sp³-hybridized carbons (Fsp3) is 0.533. The van der Waals surface area contributed by atoms with Crippen LogP contribution in [0.2, 0.25) is 0 Å². The third-order valence-electron chi connectivity index (χ3n) is 3.19. The largest absolute Gasteiger partial charge is 0.382 e. The summed E-state index contributed by atoms with van der Waals surface area (Å²) in [6.07, 6.45) is 0. The highest BCUT2D eigenvalue weighted by Gasteiger charge is 2.11. The van der Waals surface area contributed by atoms with Gasteiger partial charge in [-0.2, -0.15) is 0 Å². The van der Waals surface area contributed by atoms with Crippen LogP contribution in [0.5, 0.6) is 0 Å². The summed E-state index contributed by atoms with van der Waals surface area (Å²) in [4.78, 5) is 13.9. The van der Waals surface area contributed by atoms with Gasteiger partial charge in [0.1, 0.15) is 6.61 Å². The maximum atomic E-state index is 11.7. The fourth-order valence-corrected chi connectivity index (χ4v) is 2.08. The Kier molecular flexibility index (Phi) is 6.46. The zero-order valence-corrected chi connectivity index (χ0v) is 12.3. The summed E-state index contributed by atoms with van der Waals surface area (Å²) in [7, 11) is 1.60. The smallest absolute Gasteiger partial charge is 0.250 e. The summed E-state index contributed by atoms with van der Waals surface area (Å²) >= 11 is 0. The van der Waals surface area contributed by atoms with E-state index >= 15 is 0 Å². The van der Waals surface area contributed by atoms with E-state index in [1.807, 2.05) is 24.3 Å². The van der Waals surface area contributed by atoms with Crippen molar-refractivity contribution in [3.8, 4) is 0 Å². The highest BCUT2D eigenvalue weighted by Crippen LogP contribution is 2.18. The Bertz CT molecular complexity index is 430. The molecule has 0 aromatic heterocycles. The molecule has 0 aliphatic carbocycles. The topological polar surface area (TPSA) is 60.0 Å². The van der Waals surface area contributed by atoms with E-state index in [2.05, 4.69) is 10.2 Å². The van der Waals surface area contributed by atoms with E-state index < -0.39 is 0 Å². The number of ether oxygens (including phenoxy) is 3. The number of rotatable bonds is 7. The third-order valence-corrected chi connectivity index (χ3v) is 3.19. The summed E-state index contributed by atoms with van der Waals surface area (Å²) in [5, 5.41) is 2.80. The molecule has 0 spiro atoms. The number of carbonyl (C=O) groups is 1. The van der Waals surface area contributed by atoms with E-state index in [1.165, 1.54) is 0 Å². The molecule has 1 heterocycles. The quantitative estimate of drug-likeness (QED) is 0.764. The van der Waals surface area contributed by atoms with Crippen LogP contribution in [-0.4, -0.2) is 59.1 Å². The first kappa shape index (κ1) is 15.8. The first-order valence-corrected chi connectivity index (χ1v) is 7.09. The summed E-state index contributed by atoms with van der Waals surface area (Å²) in [6, 6.07) is 7.81. The molecule has 116 valence electrons. The molecule has 1 saturated heterocycles. The standard InChI is InChI=1S/C15H22N2O4/c1-19-10-11-21-12-15(18)16-13-2-4-14(5-3-13)17-6-8-20-9-7-17/h2-5H,6-12H2,1H3,(H,16,18). The molecule has 1 aliphatic rings. The van der Waals surface area contributed by atoms with Crippen LogP contribution in [0.15, 0.2) is 24.3 Å². The number of nitrogens with zero attached hydrogens (tertiary/aromatic N) is 1. The lowest BCUT2D eigenvalue weighted by Crippen LogP contribution is -2.36. The number of methoxy groups -OCH3 is 1. The van der Waals surface area contributed by atoms with Gasteiger partial charge < -0.3 is 24.4 Å². The van der Waals surface area contributed by atoms with E-state index in [9.17, 15) is 4.79 Å². The number of hydrogen-bond donors (Lipinski definition) is 1. The lowest BCUT2D eigenvalue weighted by Gasteiger charge is -2.28. The van der Waals surface area contributed by atoms with Crippen LogP contribution in [0.3, 0.4) is 0 Å². The molecular formula is C15H22N2O4. The normalized spacial score (nSPS) is 15.0. The van der Waals surface area contributed by atoms with E-state index in [0.29, 0.717) is 13.2 Å². The molecule has 0 unspecified atom stereocenters. The van der Waals surface area contributed by atoms with Gasteiger partial charge in [0.25, 0.3) is 0 Å². The van der Waals surface area contributed by atoms with Gasteiger partial charge >= 0.3 is 0 Å². The minimum absolute atomic E-state index is 0.0363. The second kappa shape index (κ2) is 8.61. The number of amides is 1. The molecule has 0 radical (unpaired) electrons. The molecular weight excluding hydrogens is 272 g/mol. The highest BCUT2D eigenvalue weighted by atomic mass is 16.5. The zero-order chi connectivity index (χ0) is 14.9. The number of morpholine rings is 1. The summed E-state index contributed by atoms with van der Waals surface area (Å²) < 4.78 is 15.3. The highest BCUT2D eigenvalue weighted by molar-refractivity contribution is 5.91. The van der Waals surface area contributed by atoms with Gasteiger partial charge in [0, 0.05) is 31.6 Å². The predicted octanol–water partition coefficient (Wildman–Crippen LogP) is 1.12. The molecule has 1 aromatic rings. The molecule has 0 saturated carbocycles. The average molecular weight is 294 g/mol. The maximum absolute atomic E-state index is 11.7. The van der Waals surface area contributed by atoms with Crippen LogP contribution in [0, 0.1) is 0 Å². The van der Waals surface area contributed by atoms with Crippen molar-refractivity contribution in [2.45, 2.75) is 0 Å². The number of anilines is 2. The molecule has 1 amide bonds. The monoisotopic (exact) mass is 294 g/mol. The summed E-state index contributed by atoms with van der Waals surface area (Å²) in [6.45, 7) is 4.27. The van der Waals surface area contributed by atoms with Gasteiger partial charge in [0.05, 0.1) is 26.4 Å². The molecule has 1 fully saturated rings. The number of nitrogens with one attached hydrogen (secondary N) is 1. The van der Waals surface area contributed by atoms with Gasteiger partial charge in [-0.15, -0.1) is 0 Å². The average Bonchev–Trinajstić information content (AvgIpc) is 2.53. The van der Waals surface area contributed by atoms with E-state index in [4.69, 9.17) is 14.2 Å². The van der Waals surface area contributed by atoms with Crippen molar-refractivity contribution < 1.29 is 19.0 Å². The Hall–Kier alpha value is -1.63. The van der Waals surface area contributed by atoms with Crippen molar-refractivity contribution in [2.75, 3.05) is 63.5 Å². The van der Waals surface area contributed by atoms with Crippen molar-refractivity contribution >= 4 is 17.3 Å². The van der Waals surface area contributed by atoms with Crippen molar-refractivity contribution in [2.24, 2.45) is 0 Å². The van der Waals surface area contributed by atoms with Crippen LogP contribution >= 0.6 is 0 Å². The summed E-state index contributed by atoms with van der Waals surface area (Å²) in [5.74, 6) is -0.162. The minimum Gasteiger partial charge on any atom is -0.382 e. The molecule has 1 aromatic carbocycles. The van der Waals surface area contributed by atoms with Gasteiger partial charge in [-0.05, 0) is 24.3 Å². The van der Waals surface area contributed by atoms with E-state index in [0.717, 1.165) is 37.7 Å². The number of benzene rings is 1. The Morgan fingerprint density at radius 3 is 2.62 bits per heavy atom. The van der Waals surface area contributed by atoms with Crippen LogP contribution < -0.4 is 10.2 Å². The van der Waals surface area contributed by atoms with Gasteiger partial charge in [0.2, 0.25) is 5.91 Å². The Morgan fingerprint density at radius 2 is 1.95 bits per heavy atom. The lowest BCUT2D eigenvalue weighted by molar-refractivity contribution is -0.121. The maximum Gasteiger partial charge on any atom is 0.250 e. The first-order chi connectivity index (χ1) is 10.3. The van der Waals surface area contributed by atoms with Crippen LogP contribution in [0.25, 0.3) is 0 Å². The fourth-order valence-electron chi connectivity index (χ4n) is 2.08. The van der Waals surface area contributed by atoms with E-state index in [1.54, 1.807) is 7.11 Å². The van der Waals surface area contributed by atoms with Crippen LogP contribution in [0.4, 0.5) is 11.4 Å². The van der Waals surface area contributed by atoms with E-state index in [-0.39, 0.29) is 12.5 Å². The summed E-state index contributed by atoms with van der Waals surface area (Å²) in [5.41, 5.74) is 1.92. The van der Waals surface area contributed by atoms with Gasteiger partial charge in [-0.25, -0.2) is 0 Å².